The summed E-state index contributed by atoms with van der Waals surface area (Å²) in [7, 11) is 0. The zero-order chi connectivity index (χ0) is 13.7. The zero-order valence-corrected chi connectivity index (χ0v) is 12.7. The lowest BCUT2D eigenvalue weighted by molar-refractivity contribution is 0.134. The highest BCUT2D eigenvalue weighted by Crippen LogP contribution is 2.22. The summed E-state index contributed by atoms with van der Waals surface area (Å²) in [5.74, 6) is 1.68. The van der Waals surface area contributed by atoms with Gasteiger partial charge in [-0.3, -0.25) is 4.90 Å². The predicted octanol–water partition coefficient (Wildman–Crippen LogP) is 3.27. The minimum Gasteiger partial charge on any atom is -0.313 e. The Morgan fingerprint density at radius 3 is 2.53 bits per heavy atom. The first-order chi connectivity index (χ1) is 9.17. The SMILES string of the molecule is CCNCc1cccc(CN2CC(C)CC(C)C2)c1. The highest BCUT2D eigenvalue weighted by molar-refractivity contribution is 5.23. The van der Waals surface area contributed by atoms with Gasteiger partial charge in [-0.05, 0) is 35.9 Å². The van der Waals surface area contributed by atoms with Gasteiger partial charge in [0.1, 0.15) is 0 Å². The molecule has 106 valence electrons. The summed E-state index contributed by atoms with van der Waals surface area (Å²) in [5.41, 5.74) is 2.86. The molecule has 1 aliphatic heterocycles. The van der Waals surface area contributed by atoms with Crippen LogP contribution in [0.1, 0.15) is 38.3 Å². The van der Waals surface area contributed by atoms with E-state index in [1.165, 1.54) is 30.6 Å². The number of rotatable bonds is 5. The molecule has 0 bridgehead atoms. The second-order valence-corrected chi connectivity index (χ2v) is 6.24. The van der Waals surface area contributed by atoms with Gasteiger partial charge in [-0.2, -0.15) is 0 Å². The summed E-state index contributed by atoms with van der Waals surface area (Å²) in [6.45, 7) is 12.5. The van der Waals surface area contributed by atoms with E-state index in [9.17, 15) is 0 Å². The molecule has 0 saturated carbocycles. The molecule has 1 heterocycles. The van der Waals surface area contributed by atoms with Crippen molar-refractivity contribution in [1.82, 2.24) is 10.2 Å². The van der Waals surface area contributed by atoms with Crippen molar-refractivity contribution in [3.63, 3.8) is 0 Å². The van der Waals surface area contributed by atoms with Crippen LogP contribution in [0.5, 0.6) is 0 Å². The van der Waals surface area contributed by atoms with Crippen LogP contribution in [0, 0.1) is 11.8 Å². The molecule has 0 aliphatic carbocycles. The van der Waals surface area contributed by atoms with Crippen LogP contribution >= 0.6 is 0 Å². The fourth-order valence-electron chi connectivity index (χ4n) is 3.29. The van der Waals surface area contributed by atoms with Crippen LogP contribution < -0.4 is 5.32 Å². The van der Waals surface area contributed by atoms with Gasteiger partial charge in [-0.15, -0.1) is 0 Å². The van der Waals surface area contributed by atoms with Crippen molar-refractivity contribution < 1.29 is 0 Å². The molecule has 1 aromatic rings. The van der Waals surface area contributed by atoms with Crippen LogP contribution in [-0.2, 0) is 13.1 Å². The Morgan fingerprint density at radius 1 is 1.16 bits per heavy atom. The minimum absolute atomic E-state index is 0.841. The van der Waals surface area contributed by atoms with Crippen molar-refractivity contribution >= 4 is 0 Å². The van der Waals surface area contributed by atoms with Crippen LogP contribution in [0.2, 0.25) is 0 Å². The highest BCUT2D eigenvalue weighted by atomic mass is 15.1. The van der Waals surface area contributed by atoms with Crippen molar-refractivity contribution in [2.75, 3.05) is 19.6 Å². The summed E-state index contributed by atoms with van der Waals surface area (Å²) in [6.07, 6.45) is 1.39. The quantitative estimate of drug-likeness (QED) is 0.874. The monoisotopic (exact) mass is 260 g/mol. The van der Waals surface area contributed by atoms with E-state index < -0.39 is 0 Å². The van der Waals surface area contributed by atoms with Crippen molar-refractivity contribution in [1.29, 1.82) is 0 Å². The Kier molecular flexibility index (Phi) is 5.41. The number of hydrogen-bond donors (Lipinski definition) is 1. The van der Waals surface area contributed by atoms with Gasteiger partial charge in [-0.1, -0.05) is 45.0 Å². The minimum atomic E-state index is 0.841. The van der Waals surface area contributed by atoms with Gasteiger partial charge in [0, 0.05) is 26.2 Å². The Bertz CT molecular complexity index is 379. The molecular weight excluding hydrogens is 232 g/mol. The summed E-state index contributed by atoms with van der Waals surface area (Å²) in [6, 6.07) is 9.03. The third-order valence-electron chi connectivity index (χ3n) is 3.92. The first-order valence-electron chi connectivity index (χ1n) is 7.68. The molecule has 19 heavy (non-hydrogen) atoms. The lowest BCUT2D eigenvalue weighted by atomic mass is 9.91. The van der Waals surface area contributed by atoms with Gasteiger partial charge in [0.2, 0.25) is 0 Å². The number of benzene rings is 1. The average molecular weight is 260 g/mol. The Hall–Kier alpha value is -0.860. The summed E-state index contributed by atoms with van der Waals surface area (Å²) in [5, 5.41) is 3.40. The molecule has 0 aromatic heterocycles. The standard InChI is InChI=1S/C17H28N2/c1-4-18-10-16-6-5-7-17(9-16)13-19-11-14(2)8-15(3)12-19/h5-7,9,14-15,18H,4,8,10-13H2,1-3H3. The van der Waals surface area contributed by atoms with Crippen molar-refractivity contribution in [2.45, 2.75) is 40.3 Å². The van der Waals surface area contributed by atoms with Crippen LogP contribution in [0.25, 0.3) is 0 Å². The number of likely N-dealkylation sites (tertiary alicyclic amines) is 1. The van der Waals surface area contributed by atoms with E-state index in [4.69, 9.17) is 0 Å². The van der Waals surface area contributed by atoms with Crippen molar-refractivity contribution in [2.24, 2.45) is 11.8 Å². The maximum Gasteiger partial charge on any atom is 0.0234 e. The molecule has 1 aromatic carbocycles. The van der Waals surface area contributed by atoms with E-state index in [2.05, 4.69) is 55.3 Å². The third-order valence-corrected chi connectivity index (χ3v) is 3.92. The second-order valence-electron chi connectivity index (χ2n) is 6.24. The molecule has 2 unspecified atom stereocenters. The van der Waals surface area contributed by atoms with E-state index in [1.807, 2.05) is 0 Å². The predicted molar refractivity (Wildman–Crippen MR) is 82.0 cm³/mol. The summed E-state index contributed by atoms with van der Waals surface area (Å²) in [4.78, 5) is 2.62. The molecule has 2 nitrogen and oxygen atoms in total. The molecule has 2 atom stereocenters. The van der Waals surface area contributed by atoms with Gasteiger partial charge in [0.15, 0.2) is 0 Å². The number of nitrogens with zero attached hydrogens (tertiary/aromatic N) is 1. The first-order valence-corrected chi connectivity index (χ1v) is 7.68. The molecule has 0 radical (unpaired) electrons. The van der Waals surface area contributed by atoms with Crippen molar-refractivity contribution in [3.8, 4) is 0 Å². The number of hydrogen-bond acceptors (Lipinski definition) is 2. The van der Waals surface area contributed by atoms with Crippen LogP contribution in [0.3, 0.4) is 0 Å². The largest absolute Gasteiger partial charge is 0.313 e. The van der Waals surface area contributed by atoms with E-state index in [1.54, 1.807) is 0 Å². The molecule has 1 fully saturated rings. The normalized spacial score (nSPS) is 24.6. The van der Waals surface area contributed by atoms with Gasteiger partial charge >= 0.3 is 0 Å². The third kappa shape index (κ3) is 4.63. The average Bonchev–Trinajstić information content (AvgIpc) is 2.35. The fourth-order valence-corrected chi connectivity index (χ4v) is 3.29. The second kappa shape index (κ2) is 7.06. The molecule has 1 saturated heterocycles. The molecule has 0 amide bonds. The molecule has 0 spiro atoms. The van der Waals surface area contributed by atoms with Gasteiger partial charge in [0.25, 0.3) is 0 Å². The topological polar surface area (TPSA) is 15.3 Å². The Balaban J connectivity index is 1.94. The van der Waals surface area contributed by atoms with Crippen LogP contribution in [0.15, 0.2) is 24.3 Å². The fraction of sp³-hybridized carbons (Fsp3) is 0.647. The number of nitrogens with one attached hydrogen (secondary N) is 1. The molecule has 1 aliphatic rings. The Morgan fingerprint density at radius 2 is 1.84 bits per heavy atom. The highest BCUT2D eigenvalue weighted by Gasteiger charge is 2.21. The van der Waals surface area contributed by atoms with Crippen LogP contribution in [-0.4, -0.2) is 24.5 Å². The lowest BCUT2D eigenvalue weighted by Gasteiger charge is -2.35. The zero-order valence-electron chi connectivity index (χ0n) is 12.7. The maximum absolute atomic E-state index is 3.40. The van der Waals surface area contributed by atoms with Crippen LogP contribution in [0.4, 0.5) is 0 Å². The van der Waals surface area contributed by atoms with E-state index in [-0.39, 0.29) is 0 Å². The smallest absolute Gasteiger partial charge is 0.0234 e. The maximum atomic E-state index is 3.40. The Labute approximate surface area is 118 Å². The molecule has 1 N–H and O–H groups in total. The van der Waals surface area contributed by atoms with Gasteiger partial charge in [0.05, 0.1) is 0 Å². The molecule has 2 rings (SSSR count). The van der Waals surface area contributed by atoms with Gasteiger partial charge in [-0.25, -0.2) is 0 Å². The summed E-state index contributed by atoms with van der Waals surface area (Å²) >= 11 is 0. The van der Waals surface area contributed by atoms with E-state index in [0.717, 1.165) is 31.5 Å². The lowest BCUT2D eigenvalue weighted by Crippen LogP contribution is -2.38. The first kappa shape index (κ1) is 14.5. The van der Waals surface area contributed by atoms with Gasteiger partial charge < -0.3 is 5.32 Å². The van der Waals surface area contributed by atoms with Crippen molar-refractivity contribution in [3.05, 3.63) is 35.4 Å². The summed E-state index contributed by atoms with van der Waals surface area (Å²) < 4.78 is 0. The molecule has 2 heteroatoms. The van der Waals surface area contributed by atoms with E-state index >= 15 is 0 Å². The van der Waals surface area contributed by atoms with E-state index in [0.29, 0.717) is 0 Å². The number of piperidine rings is 1. The molecular formula is C17H28N2.